The highest BCUT2D eigenvalue weighted by atomic mass is 32.1. The van der Waals surface area contributed by atoms with E-state index < -0.39 is 0 Å². The van der Waals surface area contributed by atoms with E-state index in [1.165, 1.54) is 38.9 Å². The molecule has 17 heavy (non-hydrogen) atoms. The minimum atomic E-state index is 0.453. The van der Waals surface area contributed by atoms with Gasteiger partial charge in [0.05, 0.1) is 4.99 Å². The van der Waals surface area contributed by atoms with Crippen molar-refractivity contribution in [3.8, 4) is 0 Å². The Bertz CT molecular complexity index is 302. The molecule has 2 fully saturated rings. The quantitative estimate of drug-likeness (QED) is 0.782. The molecule has 3 heteroatoms. The van der Waals surface area contributed by atoms with Crippen LogP contribution in [0, 0.1) is 16.7 Å². The van der Waals surface area contributed by atoms with E-state index in [0.717, 1.165) is 12.3 Å². The van der Waals surface area contributed by atoms with Crippen molar-refractivity contribution in [2.75, 3.05) is 19.6 Å². The number of nitrogens with zero attached hydrogens (tertiary/aromatic N) is 1. The van der Waals surface area contributed by atoms with Gasteiger partial charge < -0.3 is 10.6 Å². The molecule has 1 saturated heterocycles. The van der Waals surface area contributed by atoms with Crippen LogP contribution in [-0.2, 0) is 0 Å². The van der Waals surface area contributed by atoms with Crippen molar-refractivity contribution in [3.63, 3.8) is 0 Å². The lowest BCUT2D eigenvalue weighted by Gasteiger charge is -2.28. The van der Waals surface area contributed by atoms with Crippen molar-refractivity contribution in [2.24, 2.45) is 22.5 Å². The van der Waals surface area contributed by atoms with E-state index in [2.05, 4.69) is 25.7 Å². The maximum Gasteiger partial charge on any atom is 0.0733 e. The van der Waals surface area contributed by atoms with E-state index in [4.69, 9.17) is 18.0 Å². The molecule has 2 N–H and O–H groups in total. The van der Waals surface area contributed by atoms with Crippen LogP contribution in [0.15, 0.2) is 0 Å². The van der Waals surface area contributed by atoms with E-state index in [0.29, 0.717) is 15.8 Å². The van der Waals surface area contributed by atoms with Gasteiger partial charge in [-0.05, 0) is 42.6 Å². The lowest BCUT2D eigenvalue weighted by Crippen LogP contribution is -2.32. The van der Waals surface area contributed by atoms with Crippen LogP contribution in [0.3, 0.4) is 0 Å². The third-order valence-electron chi connectivity index (χ3n) is 4.56. The smallest absolute Gasteiger partial charge is 0.0733 e. The largest absolute Gasteiger partial charge is 0.393 e. The third-order valence-corrected chi connectivity index (χ3v) is 4.71. The van der Waals surface area contributed by atoms with E-state index in [9.17, 15) is 0 Å². The number of hydrogen-bond acceptors (Lipinski definition) is 2. The first-order chi connectivity index (χ1) is 7.81. The maximum atomic E-state index is 5.70. The molecule has 0 radical (unpaired) electrons. The minimum absolute atomic E-state index is 0.453. The molecule has 1 unspecified atom stereocenters. The van der Waals surface area contributed by atoms with Crippen molar-refractivity contribution >= 4 is 17.2 Å². The fourth-order valence-electron chi connectivity index (χ4n) is 3.09. The van der Waals surface area contributed by atoms with Gasteiger partial charge >= 0.3 is 0 Å². The van der Waals surface area contributed by atoms with Gasteiger partial charge in [-0.25, -0.2) is 0 Å². The molecule has 2 nitrogen and oxygen atoms in total. The van der Waals surface area contributed by atoms with Crippen LogP contribution < -0.4 is 5.73 Å². The third kappa shape index (κ3) is 3.41. The fourth-order valence-corrected chi connectivity index (χ4v) is 3.40. The average molecular weight is 254 g/mol. The molecular formula is C14H26N2S. The number of thiocarbonyl (C=S) groups is 1. The number of hydrogen-bond donors (Lipinski definition) is 1. The summed E-state index contributed by atoms with van der Waals surface area (Å²) in [5.41, 5.74) is 6.61. The monoisotopic (exact) mass is 254 g/mol. The Morgan fingerprint density at radius 3 is 2.47 bits per heavy atom. The van der Waals surface area contributed by atoms with Crippen molar-refractivity contribution in [2.45, 2.75) is 46.5 Å². The highest BCUT2D eigenvalue weighted by Crippen LogP contribution is 2.50. The Hall–Kier alpha value is -0.150. The van der Waals surface area contributed by atoms with Gasteiger partial charge in [-0.2, -0.15) is 0 Å². The molecule has 0 aromatic carbocycles. The molecule has 0 aromatic heterocycles. The summed E-state index contributed by atoms with van der Waals surface area (Å²) < 4.78 is 0. The molecule has 1 atom stereocenters. The zero-order chi connectivity index (χ0) is 12.7. The molecule has 2 aliphatic rings. The molecule has 0 aromatic rings. The normalized spacial score (nSPS) is 28.3. The lowest BCUT2D eigenvalue weighted by atomic mass is 9.80. The highest BCUT2D eigenvalue weighted by Gasteiger charge is 2.45. The van der Waals surface area contributed by atoms with Gasteiger partial charge in [-0.1, -0.05) is 33.0 Å². The van der Waals surface area contributed by atoms with E-state index in [1.54, 1.807) is 0 Å². The fraction of sp³-hybridized carbons (Fsp3) is 0.929. The molecule has 1 aliphatic carbocycles. The summed E-state index contributed by atoms with van der Waals surface area (Å²) in [6.07, 6.45) is 4.95. The van der Waals surface area contributed by atoms with Crippen LogP contribution >= 0.6 is 12.2 Å². The van der Waals surface area contributed by atoms with Gasteiger partial charge in [0.2, 0.25) is 0 Å². The van der Waals surface area contributed by atoms with Gasteiger partial charge in [0.25, 0.3) is 0 Å². The second-order valence-electron chi connectivity index (χ2n) is 7.23. The van der Waals surface area contributed by atoms with Gasteiger partial charge in [0, 0.05) is 19.5 Å². The zero-order valence-electron chi connectivity index (χ0n) is 11.5. The molecule has 1 saturated carbocycles. The maximum absolute atomic E-state index is 5.70. The zero-order valence-corrected chi connectivity index (χ0v) is 12.3. The van der Waals surface area contributed by atoms with Crippen LogP contribution in [0.5, 0.6) is 0 Å². The van der Waals surface area contributed by atoms with Crippen molar-refractivity contribution in [1.82, 2.24) is 4.90 Å². The Balaban J connectivity index is 1.84. The number of rotatable bonds is 4. The molecule has 0 amide bonds. The molecule has 2 rings (SSSR count). The van der Waals surface area contributed by atoms with Crippen LogP contribution in [0.2, 0.25) is 0 Å². The molecule has 1 aliphatic heterocycles. The molecule has 1 heterocycles. The van der Waals surface area contributed by atoms with Crippen LogP contribution in [0.1, 0.15) is 46.5 Å². The van der Waals surface area contributed by atoms with E-state index in [1.807, 2.05) is 0 Å². The standard InChI is InChI=1S/C14H26N2S/c1-13(2,3)11-4-7-16(9-11)10-14(5-6-14)8-12(15)17/h11H,4-10H2,1-3H3,(H2,15,17). The molecule has 0 spiro atoms. The van der Waals surface area contributed by atoms with Crippen LogP contribution in [0.4, 0.5) is 0 Å². The second-order valence-corrected chi connectivity index (χ2v) is 7.75. The van der Waals surface area contributed by atoms with Gasteiger partial charge in [0.15, 0.2) is 0 Å². The number of likely N-dealkylation sites (tertiary alicyclic amines) is 1. The Kier molecular flexibility index (Phi) is 3.52. The van der Waals surface area contributed by atoms with Gasteiger partial charge in [-0.15, -0.1) is 0 Å². The predicted octanol–water partition coefficient (Wildman–Crippen LogP) is 2.81. The summed E-state index contributed by atoms with van der Waals surface area (Å²) >= 11 is 5.07. The van der Waals surface area contributed by atoms with Crippen molar-refractivity contribution in [3.05, 3.63) is 0 Å². The molecular weight excluding hydrogens is 228 g/mol. The topological polar surface area (TPSA) is 29.3 Å². The van der Waals surface area contributed by atoms with Crippen LogP contribution in [-0.4, -0.2) is 29.5 Å². The van der Waals surface area contributed by atoms with Crippen molar-refractivity contribution < 1.29 is 0 Å². The highest BCUT2D eigenvalue weighted by molar-refractivity contribution is 7.80. The Labute approximate surface area is 111 Å². The van der Waals surface area contributed by atoms with E-state index >= 15 is 0 Å². The first-order valence-electron chi connectivity index (χ1n) is 6.81. The summed E-state index contributed by atoms with van der Waals surface area (Å²) in [7, 11) is 0. The average Bonchev–Trinajstić information content (AvgIpc) is 2.73. The SMILES string of the molecule is CC(C)(C)C1CCN(CC2(CC(N)=S)CC2)C1. The first kappa shape index (κ1) is 13.3. The molecule has 0 bridgehead atoms. The van der Waals surface area contributed by atoms with Crippen molar-refractivity contribution in [1.29, 1.82) is 0 Å². The van der Waals surface area contributed by atoms with Crippen LogP contribution in [0.25, 0.3) is 0 Å². The second kappa shape index (κ2) is 4.51. The lowest BCUT2D eigenvalue weighted by molar-refractivity contribution is 0.210. The van der Waals surface area contributed by atoms with Gasteiger partial charge in [0.1, 0.15) is 0 Å². The summed E-state index contributed by atoms with van der Waals surface area (Å²) in [6.45, 7) is 10.8. The predicted molar refractivity (Wildman–Crippen MR) is 77.1 cm³/mol. The summed E-state index contributed by atoms with van der Waals surface area (Å²) in [4.78, 5) is 3.34. The Morgan fingerprint density at radius 2 is 2.06 bits per heavy atom. The summed E-state index contributed by atoms with van der Waals surface area (Å²) in [5.74, 6) is 0.850. The molecule has 98 valence electrons. The van der Waals surface area contributed by atoms with E-state index in [-0.39, 0.29) is 0 Å². The van der Waals surface area contributed by atoms with Gasteiger partial charge in [-0.3, -0.25) is 0 Å². The number of nitrogens with two attached hydrogens (primary N) is 1. The minimum Gasteiger partial charge on any atom is -0.393 e. The summed E-state index contributed by atoms with van der Waals surface area (Å²) in [6, 6.07) is 0. The first-order valence-corrected chi connectivity index (χ1v) is 7.22. The summed E-state index contributed by atoms with van der Waals surface area (Å²) in [5, 5.41) is 0. The Morgan fingerprint density at radius 1 is 1.41 bits per heavy atom.